The van der Waals surface area contributed by atoms with Crippen molar-refractivity contribution in [2.45, 2.75) is 20.3 Å². The van der Waals surface area contributed by atoms with E-state index in [4.69, 9.17) is 0 Å². The third-order valence-corrected chi connectivity index (χ3v) is 5.72. The molecule has 4 nitrogen and oxygen atoms in total. The van der Waals surface area contributed by atoms with Gasteiger partial charge < -0.3 is 15.1 Å². The third kappa shape index (κ3) is 4.93. The number of carbonyl (C=O) groups excluding carboxylic acids is 1. The molecule has 0 atom stereocenters. The van der Waals surface area contributed by atoms with Crippen LogP contribution in [0.2, 0.25) is 0 Å². The molecule has 1 fully saturated rings. The Morgan fingerprint density at radius 1 is 1.23 bits per heavy atom. The number of rotatable bonds is 6. The summed E-state index contributed by atoms with van der Waals surface area (Å²) in [4.78, 5) is 17.2. The molecular weight excluding hydrogens is 389 g/mol. The summed E-state index contributed by atoms with van der Waals surface area (Å²) >= 11 is 2.25. The van der Waals surface area contributed by atoms with Crippen LogP contribution in [0.5, 0.6) is 0 Å². The molecule has 1 N–H and O–H groups in total. The molecule has 0 spiro atoms. The minimum Gasteiger partial charge on any atom is -0.352 e. The molecule has 0 aromatic heterocycles. The quantitative estimate of drug-likeness (QED) is 0.573. The van der Waals surface area contributed by atoms with Crippen molar-refractivity contribution in [2.24, 2.45) is 0 Å². The Labute approximate surface area is 147 Å². The van der Waals surface area contributed by atoms with Gasteiger partial charge in [-0.3, -0.25) is 4.79 Å². The van der Waals surface area contributed by atoms with Gasteiger partial charge in [-0.2, -0.15) is 0 Å². The van der Waals surface area contributed by atoms with Crippen LogP contribution in [-0.4, -0.2) is 61.5 Å². The summed E-state index contributed by atoms with van der Waals surface area (Å²) < 4.78 is 1.05. The highest BCUT2D eigenvalue weighted by Gasteiger charge is 2.15. The first kappa shape index (κ1) is 17.7. The van der Waals surface area contributed by atoms with E-state index in [2.05, 4.69) is 44.6 Å². The van der Waals surface area contributed by atoms with Crippen molar-refractivity contribution >= 4 is 28.5 Å². The zero-order valence-corrected chi connectivity index (χ0v) is 15.7. The molecule has 0 saturated carbocycles. The Morgan fingerprint density at radius 3 is 2.59 bits per heavy atom. The molecule has 1 heterocycles. The van der Waals surface area contributed by atoms with E-state index < -0.39 is 0 Å². The van der Waals surface area contributed by atoms with Gasteiger partial charge in [-0.15, -0.1) is 0 Å². The highest BCUT2D eigenvalue weighted by atomic mass is 127. The van der Waals surface area contributed by atoms with E-state index in [1.807, 2.05) is 25.1 Å². The topological polar surface area (TPSA) is 35.6 Å². The fourth-order valence-electron chi connectivity index (χ4n) is 2.75. The largest absolute Gasteiger partial charge is 0.352 e. The molecule has 1 aromatic carbocycles. The number of benzene rings is 1. The van der Waals surface area contributed by atoms with Crippen molar-refractivity contribution in [1.29, 1.82) is 0 Å². The standard InChI is InChI=1S/C17H26IN3O/c1-3-20-10-12-21(13-11-20)9-5-8-19-17(22)15-7-4-6-14(2)16(15)18/h4,6-7H,3,5,8-13H2,1-2H3,(H,19,22). The molecule has 1 aliphatic rings. The summed E-state index contributed by atoms with van der Waals surface area (Å²) in [7, 11) is 0. The predicted octanol–water partition coefficient (Wildman–Crippen LogP) is 2.36. The summed E-state index contributed by atoms with van der Waals surface area (Å²) in [6.45, 7) is 11.9. The van der Waals surface area contributed by atoms with Gasteiger partial charge in [0.25, 0.3) is 5.91 Å². The fraction of sp³-hybridized carbons (Fsp3) is 0.588. The Bertz CT molecular complexity index is 499. The summed E-state index contributed by atoms with van der Waals surface area (Å²) in [5.74, 6) is 0.0453. The van der Waals surface area contributed by atoms with Crippen molar-refractivity contribution in [1.82, 2.24) is 15.1 Å². The number of hydrogen-bond donors (Lipinski definition) is 1. The van der Waals surface area contributed by atoms with Crippen LogP contribution in [-0.2, 0) is 0 Å². The zero-order valence-electron chi connectivity index (χ0n) is 13.6. The normalized spacial score (nSPS) is 16.7. The molecule has 1 amide bonds. The zero-order chi connectivity index (χ0) is 15.9. The lowest BCUT2D eigenvalue weighted by Crippen LogP contribution is -2.46. The number of amides is 1. The van der Waals surface area contributed by atoms with Gasteiger partial charge in [0.05, 0.1) is 5.56 Å². The first-order valence-corrected chi connectivity index (χ1v) is 9.17. The molecule has 5 heteroatoms. The number of halogens is 1. The van der Waals surface area contributed by atoms with Gasteiger partial charge in [-0.05, 0) is 60.7 Å². The maximum Gasteiger partial charge on any atom is 0.252 e. The molecular formula is C17H26IN3O. The first-order valence-electron chi connectivity index (χ1n) is 8.10. The van der Waals surface area contributed by atoms with Crippen molar-refractivity contribution in [2.75, 3.05) is 45.8 Å². The van der Waals surface area contributed by atoms with Crippen LogP contribution in [0.3, 0.4) is 0 Å². The average Bonchev–Trinajstić information content (AvgIpc) is 2.54. The van der Waals surface area contributed by atoms with Crippen molar-refractivity contribution < 1.29 is 4.79 Å². The molecule has 2 rings (SSSR count). The SMILES string of the molecule is CCN1CCN(CCCNC(=O)c2cccc(C)c2I)CC1. The van der Waals surface area contributed by atoms with E-state index in [9.17, 15) is 4.79 Å². The number of hydrogen-bond acceptors (Lipinski definition) is 3. The van der Waals surface area contributed by atoms with E-state index in [0.717, 1.165) is 53.8 Å². The van der Waals surface area contributed by atoms with Crippen LogP contribution in [0.25, 0.3) is 0 Å². The number of carbonyl (C=O) groups is 1. The van der Waals surface area contributed by atoms with Crippen LogP contribution >= 0.6 is 22.6 Å². The van der Waals surface area contributed by atoms with Crippen LogP contribution in [0.15, 0.2) is 18.2 Å². The van der Waals surface area contributed by atoms with Gasteiger partial charge in [0.1, 0.15) is 0 Å². The van der Waals surface area contributed by atoms with Crippen molar-refractivity contribution in [3.8, 4) is 0 Å². The third-order valence-electron chi connectivity index (χ3n) is 4.29. The van der Waals surface area contributed by atoms with Crippen LogP contribution in [0.1, 0.15) is 29.3 Å². The Balaban J connectivity index is 1.68. The predicted molar refractivity (Wildman–Crippen MR) is 99.4 cm³/mol. The Kier molecular flexibility index (Phi) is 7.11. The lowest BCUT2D eigenvalue weighted by molar-refractivity contribution is 0.0947. The molecule has 1 aromatic rings. The number of nitrogens with zero attached hydrogens (tertiary/aromatic N) is 2. The van der Waals surface area contributed by atoms with Crippen LogP contribution < -0.4 is 5.32 Å². The van der Waals surface area contributed by atoms with Crippen molar-refractivity contribution in [3.05, 3.63) is 32.9 Å². The number of nitrogens with one attached hydrogen (secondary N) is 1. The molecule has 22 heavy (non-hydrogen) atoms. The molecule has 0 bridgehead atoms. The van der Waals surface area contributed by atoms with Gasteiger partial charge in [-0.25, -0.2) is 0 Å². The lowest BCUT2D eigenvalue weighted by atomic mass is 10.1. The second-order valence-corrected chi connectivity index (χ2v) is 6.90. The van der Waals surface area contributed by atoms with Crippen LogP contribution in [0, 0.1) is 10.5 Å². The highest BCUT2D eigenvalue weighted by molar-refractivity contribution is 14.1. The number of piperazine rings is 1. The van der Waals surface area contributed by atoms with E-state index in [1.165, 1.54) is 13.1 Å². The Morgan fingerprint density at radius 2 is 1.91 bits per heavy atom. The number of aryl methyl sites for hydroxylation is 1. The minimum atomic E-state index is 0.0453. The highest BCUT2D eigenvalue weighted by Crippen LogP contribution is 2.16. The summed E-state index contributed by atoms with van der Waals surface area (Å²) in [6, 6.07) is 5.88. The van der Waals surface area contributed by atoms with Gasteiger partial charge in [0.2, 0.25) is 0 Å². The van der Waals surface area contributed by atoms with Gasteiger partial charge in [0, 0.05) is 36.3 Å². The molecule has 0 unspecified atom stereocenters. The smallest absolute Gasteiger partial charge is 0.252 e. The summed E-state index contributed by atoms with van der Waals surface area (Å²) in [5.41, 5.74) is 1.94. The molecule has 0 radical (unpaired) electrons. The Hall–Kier alpha value is -0.660. The molecule has 1 saturated heterocycles. The maximum absolute atomic E-state index is 12.2. The summed E-state index contributed by atoms with van der Waals surface area (Å²) in [6.07, 6.45) is 1.01. The molecule has 0 aliphatic carbocycles. The second-order valence-electron chi connectivity index (χ2n) is 5.82. The first-order chi connectivity index (χ1) is 10.6. The van der Waals surface area contributed by atoms with E-state index >= 15 is 0 Å². The number of likely N-dealkylation sites (N-methyl/N-ethyl adjacent to an activating group) is 1. The lowest BCUT2D eigenvalue weighted by Gasteiger charge is -2.33. The van der Waals surface area contributed by atoms with Crippen molar-refractivity contribution in [3.63, 3.8) is 0 Å². The minimum absolute atomic E-state index is 0.0453. The fourth-order valence-corrected chi connectivity index (χ4v) is 3.36. The molecule has 1 aliphatic heterocycles. The average molecular weight is 415 g/mol. The van der Waals surface area contributed by atoms with Gasteiger partial charge in [0.15, 0.2) is 0 Å². The van der Waals surface area contributed by atoms with E-state index in [-0.39, 0.29) is 5.91 Å². The van der Waals surface area contributed by atoms with E-state index in [1.54, 1.807) is 0 Å². The summed E-state index contributed by atoms with van der Waals surface area (Å²) in [5, 5.41) is 3.05. The van der Waals surface area contributed by atoms with E-state index in [0.29, 0.717) is 0 Å². The van der Waals surface area contributed by atoms with Gasteiger partial charge in [-0.1, -0.05) is 19.1 Å². The monoisotopic (exact) mass is 415 g/mol. The van der Waals surface area contributed by atoms with Gasteiger partial charge >= 0.3 is 0 Å². The maximum atomic E-state index is 12.2. The van der Waals surface area contributed by atoms with Crippen LogP contribution in [0.4, 0.5) is 0 Å². The molecule has 122 valence electrons. The second kappa shape index (κ2) is 8.84.